The molecule has 1 aliphatic heterocycles. The van der Waals surface area contributed by atoms with Crippen LogP contribution in [-0.2, 0) is 4.79 Å². The van der Waals surface area contributed by atoms with Crippen molar-refractivity contribution in [1.82, 2.24) is 9.88 Å². The van der Waals surface area contributed by atoms with Crippen molar-refractivity contribution in [3.63, 3.8) is 0 Å². The maximum absolute atomic E-state index is 13.4. The molecule has 5 heteroatoms. The molecule has 1 amide bonds. The van der Waals surface area contributed by atoms with Gasteiger partial charge in [0.2, 0.25) is 5.91 Å². The average Bonchev–Trinajstić information content (AvgIpc) is 2.60. The van der Waals surface area contributed by atoms with Crippen molar-refractivity contribution >= 4 is 23.3 Å². The number of aromatic nitrogens is 1. The van der Waals surface area contributed by atoms with E-state index >= 15 is 0 Å². The van der Waals surface area contributed by atoms with Gasteiger partial charge in [-0.2, -0.15) is 0 Å². The first kappa shape index (κ1) is 15.9. The fraction of sp³-hybridized carbons (Fsp3) is 0.700. The molecule has 0 aromatic carbocycles. The van der Waals surface area contributed by atoms with Gasteiger partial charge in [0.25, 0.3) is 0 Å². The number of hydrogen-bond donors (Lipinski definition) is 0. The number of halogens is 1. The van der Waals surface area contributed by atoms with Crippen LogP contribution in [0.5, 0.6) is 0 Å². The highest BCUT2D eigenvalue weighted by Gasteiger charge is 2.55. The highest BCUT2D eigenvalue weighted by atomic mass is 35.5. The lowest BCUT2D eigenvalue weighted by Gasteiger charge is -2.57. The quantitative estimate of drug-likeness (QED) is 0.757. The molecule has 1 aromatic rings. The number of hydrogen-bond acceptors (Lipinski definition) is 3. The molecule has 0 atom stereocenters. The predicted octanol–water partition coefficient (Wildman–Crippen LogP) is 3.60. The molecule has 25 heavy (non-hydrogen) atoms. The third-order valence-corrected chi connectivity index (χ3v) is 7.29. The summed E-state index contributed by atoms with van der Waals surface area (Å²) in [5.41, 5.74) is -0.00871. The van der Waals surface area contributed by atoms with E-state index in [4.69, 9.17) is 11.6 Å². The highest BCUT2D eigenvalue weighted by molar-refractivity contribution is 6.29. The van der Waals surface area contributed by atoms with Crippen molar-refractivity contribution in [3.05, 3.63) is 23.4 Å². The van der Waals surface area contributed by atoms with Crippen LogP contribution in [0.15, 0.2) is 18.2 Å². The second-order valence-electron chi connectivity index (χ2n) is 8.80. The van der Waals surface area contributed by atoms with Gasteiger partial charge in [0, 0.05) is 26.2 Å². The summed E-state index contributed by atoms with van der Waals surface area (Å²) in [4.78, 5) is 22.2. The van der Waals surface area contributed by atoms with E-state index in [-0.39, 0.29) is 5.41 Å². The third kappa shape index (κ3) is 2.73. The monoisotopic (exact) mass is 359 g/mol. The lowest BCUT2D eigenvalue weighted by Crippen LogP contribution is -2.58. The van der Waals surface area contributed by atoms with Crippen molar-refractivity contribution in [2.45, 2.75) is 38.5 Å². The van der Waals surface area contributed by atoms with Crippen LogP contribution in [0.4, 0.5) is 5.82 Å². The van der Waals surface area contributed by atoms with Gasteiger partial charge in [0.15, 0.2) is 0 Å². The summed E-state index contributed by atoms with van der Waals surface area (Å²) in [6.07, 6.45) is 7.65. The number of anilines is 1. The van der Waals surface area contributed by atoms with Gasteiger partial charge in [-0.3, -0.25) is 4.79 Å². The lowest BCUT2D eigenvalue weighted by molar-refractivity contribution is -0.158. The first-order valence-corrected chi connectivity index (χ1v) is 10.2. The summed E-state index contributed by atoms with van der Waals surface area (Å²) in [5.74, 6) is 3.87. The predicted molar refractivity (Wildman–Crippen MR) is 98.6 cm³/mol. The zero-order chi connectivity index (χ0) is 17.0. The minimum atomic E-state index is -0.00871. The van der Waals surface area contributed by atoms with Crippen LogP contribution in [0.1, 0.15) is 38.5 Å². The number of piperazine rings is 1. The maximum Gasteiger partial charge on any atom is 0.228 e. The minimum Gasteiger partial charge on any atom is -0.353 e. The maximum atomic E-state index is 13.4. The number of pyridine rings is 1. The molecular formula is C20H26ClN3O. The Labute approximate surface area is 154 Å². The summed E-state index contributed by atoms with van der Waals surface area (Å²) in [7, 11) is 0. The number of carbonyl (C=O) groups excluding carboxylic acids is 1. The van der Waals surface area contributed by atoms with E-state index < -0.39 is 0 Å². The van der Waals surface area contributed by atoms with Crippen molar-refractivity contribution in [2.24, 2.45) is 23.2 Å². The molecule has 4 aliphatic carbocycles. The second kappa shape index (κ2) is 5.87. The Morgan fingerprint density at radius 3 is 2.16 bits per heavy atom. The Morgan fingerprint density at radius 2 is 1.60 bits per heavy atom. The van der Waals surface area contributed by atoms with E-state index in [9.17, 15) is 4.79 Å². The topological polar surface area (TPSA) is 36.4 Å². The average molecular weight is 360 g/mol. The molecule has 4 bridgehead atoms. The highest BCUT2D eigenvalue weighted by Crippen LogP contribution is 2.60. The molecule has 0 radical (unpaired) electrons. The molecule has 0 unspecified atom stereocenters. The zero-order valence-electron chi connectivity index (χ0n) is 14.7. The molecule has 5 fully saturated rings. The number of carbonyl (C=O) groups is 1. The van der Waals surface area contributed by atoms with E-state index in [0.29, 0.717) is 11.1 Å². The van der Waals surface area contributed by atoms with Crippen molar-refractivity contribution in [2.75, 3.05) is 31.1 Å². The Balaban J connectivity index is 1.27. The Morgan fingerprint density at radius 1 is 1.00 bits per heavy atom. The molecule has 4 nitrogen and oxygen atoms in total. The molecule has 1 aromatic heterocycles. The Kier molecular flexibility index (Phi) is 3.74. The summed E-state index contributed by atoms with van der Waals surface area (Å²) >= 11 is 6.02. The third-order valence-electron chi connectivity index (χ3n) is 7.08. The van der Waals surface area contributed by atoms with Crippen molar-refractivity contribution in [1.29, 1.82) is 0 Å². The van der Waals surface area contributed by atoms with Crippen LogP contribution >= 0.6 is 11.6 Å². The standard InChI is InChI=1S/C20H26ClN3O/c21-17-2-1-3-18(22-17)23-4-6-24(7-5-23)19(25)20-11-14-8-15(12-20)10-16(9-14)13-20/h1-3,14-16H,4-13H2. The smallest absolute Gasteiger partial charge is 0.228 e. The first-order valence-electron chi connectivity index (χ1n) is 9.78. The van der Waals surface area contributed by atoms with Gasteiger partial charge in [-0.1, -0.05) is 17.7 Å². The Hall–Kier alpha value is -1.29. The molecule has 1 saturated heterocycles. The summed E-state index contributed by atoms with van der Waals surface area (Å²) in [6, 6.07) is 5.75. The molecule has 134 valence electrons. The van der Waals surface area contributed by atoms with Gasteiger partial charge in [0.05, 0.1) is 5.41 Å². The molecule has 6 rings (SSSR count). The number of rotatable bonds is 2. The molecule has 0 spiro atoms. The van der Waals surface area contributed by atoms with Gasteiger partial charge < -0.3 is 9.80 Å². The largest absolute Gasteiger partial charge is 0.353 e. The van der Waals surface area contributed by atoms with Crippen LogP contribution < -0.4 is 4.90 Å². The second-order valence-corrected chi connectivity index (χ2v) is 9.18. The molecule has 4 saturated carbocycles. The SMILES string of the molecule is O=C(N1CCN(c2cccc(Cl)n2)CC1)C12CC3CC(CC(C3)C1)C2. The molecule has 0 N–H and O–H groups in total. The van der Waals surface area contributed by atoms with E-state index in [1.807, 2.05) is 12.1 Å². The van der Waals surface area contributed by atoms with Gasteiger partial charge in [-0.05, 0) is 68.4 Å². The fourth-order valence-electron chi connectivity index (χ4n) is 6.42. The van der Waals surface area contributed by atoms with Gasteiger partial charge >= 0.3 is 0 Å². The molecule has 5 aliphatic rings. The van der Waals surface area contributed by atoms with Crippen molar-refractivity contribution < 1.29 is 4.79 Å². The van der Waals surface area contributed by atoms with Crippen LogP contribution in [0, 0.1) is 23.2 Å². The Bertz CT molecular complexity index is 648. The fourth-order valence-corrected chi connectivity index (χ4v) is 6.58. The summed E-state index contributed by atoms with van der Waals surface area (Å²) < 4.78 is 0. The van der Waals surface area contributed by atoms with Crippen LogP contribution in [-0.4, -0.2) is 42.0 Å². The van der Waals surface area contributed by atoms with Crippen molar-refractivity contribution in [3.8, 4) is 0 Å². The van der Waals surface area contributed by atoms with E-state index in [1.165, 1.54) is 19.3 Å². The summed E-state index contributed by atoms with van der Waals surface area (Å²) in [6.45, 7) is 3.33. The minimum absolute atomic E-state index is 0.00871. The summed E-state index contributed by atoms with van der Waals surface area (Å²) in [5, 5.41) is 0.532. The number of amides is 1. The van der Waals surface area contributed by atoms with E-state index in [2.05, 4.69) is 14.8 Å². The molecular weight excluding hydrogens is 334 g/mol. The zero-order valence-corrected chi connectivity index (χ0v) is 15.4. The first-order chi connectivity index (χ1) is 12.1. The van der Waals surface area contributed by atoms with Crippen LogP contribution in [0.2, 0.25) is 5.15 Å². The van der Waals surface area contributed by atoms with Crippen LogP contribution in [0.25, 0.3) is 0 Å². The van der Waals surface area contributed by atoms with Gasteiger partial charge in [-0.15, -0.1) is 0 Å². The lowest BCUT2D eigenvalue weighted by atomic mass is 9.49. The molecule has 2 heterocycles. The van der Waals surface area contributed by atoms with Gasteiger partial charge in [0.1, 0.15) is 11.0 Å². The van der Waals surface area contributed by atoms with Crippen LogP contribution in [0.3, 0.4) is 0 Å². The van der Waals surface area contributed by atoms with Gasteiger partial charge in [-0.25, -0.2) is 4.98 Å². The number of nitrogens with zero attached hydrogens (tertiary/aromatic N) is 3. The normalized spacial score (nSPS) is 36.8. The van der Waals surface area contributed by atoms with E-state index in [0.717, 1.165) is 69.0 Å². The van der Waals surface area contributed by atoms with E-state index in [1.54, 1.807) is 6.07 Å².